The molecule has 1 aromatic rings. The molecule has 1 saturated heterocycles. The number of ether oxygens (including phenoxy) is 1. The molecule has 0 aromatic heterocycles. The van der Waals surface area contributed by atoms with Crippen LogP contribution in [0.15, 0.2) is 24.3 Å². The molecule has 2 nitrogen and oxygen atoms in total. The second-order valence-electron chi connectivity index (χ2n) is 5.18. The van der Waals surface area contributed by atoms with Crippen molar-refractivity contribution in [3.63, 3.8) is 0 Å². The van der Waals surface area contributed by atoms with Crippen LogP contribution in [-0.4, -0.2) is 31.1 Å². The van der Waals surface area contributed by atoms with E-state index in [1.807, 2.05) is 0 Å². The van der Waals surface area contributed by atoms with Gasteiger partial charge in [-0.15, -0.1) is 0 Å². The molecule has 0 saturated carbocycles. The van der Waals surface area contributed by atoms with E-state index >= 15 is 0 Å². The van der Waals surface area contributed by atoms with Gasteiger partial charge in [-0.3, -0.25) is 0 Å². The zero-order valence-corrected chi connectivity index (χ0v) is 11.1. The maximum Gasteiger partial charge on any atom is 0.165 e. The standard InChI is InChI=1S/C15H22FNO/c1-13-6-4-9-17(12-13)10-5-11-18-15-8-3-2-7-14(15)16/h2-3,7-8,13H,4-6,9-12H2,1H3/t13-/m1/s1. The van der Waals surface area contributed by atoms with Crippen LogP contribution in [0.4, 0.5) is 4.39 Å². The fourth-order valence-corrected chi connectivity index (χ4v) is 2.52. The monoisotopic (exact) mass is 251 g/mol. The first-order valence-electron chi connectivity index (χ1n) is 6.85. The Morgan fingerprint density at radius 3 is 3.00 bits per heavy atom. The Bertz CT molecular complexity index is 369. The molecule has 0 amide bonds. The van der Waals surface area contributed by atoms with Crippen molar-refractivity contribution in [1.29, 1.82) is 0 Å². The molecule has 0 radical (unpaired) electrons. The number of benzene rings is 1. The highest BCUT2D eigenvalue weighted by Gasteiger charge is 2.15. The van der Waals surface area contributed by atoms with Crippen molar-refractivity contribution in [2.24, 2.45) is 5.92 Å². The highest BCUT2D eigenvalue weighted by atomic mass is 19.1. The molecule has 0 aliphatic carbocycles. The van der Waals surface area contributed by atoms with Crippen LogP contribution in [0.1, 0.15) is 26.2 Å². The van der Waals surface area contributed by atoms with E-state index in [4.69, 9.17) is 4.74 Å². The van der Waals surface area contributed by atoms with Crippen molar-refractivity contribution in [3.8, 4) is 5.75 Å². The molecule has 1 aliphatic rings. The smallest absolute Gasteiger partial charge is 0.165 e. The van der Waals surface area contributed by atoms with Gasteiger partial charge >= 0.3 is 0 Å². The van der Waals surface area contributed by atoms with E-state index in [1.165, 1.54) is 32.0 Å². The highest BCUT2D eigenvalue weighted by molar-refractivity contribution is 5.23. The molecule has 1 atom stereocenters. The highest BCUT2D eigenvalue weighted by Crippen LogP contribution is 2.17. The Balaban J connectivity index is 1.65. The van der Waals surface area contributed by atoms with Crippen LogP contribution >= 0.6 is 0 Å². The number of hydrogen-bond donors (Lipinski definition) is 0. The summed E-state index contributed by atoms with van der Waals surface area (Å²) in [5, 5.41) is 0. The lowest BCUT2D eigenvalue weighted by Gasteiger charge is -2.30. The molecular formula is C15H22FNO. The van der Waals surface area contributed by atoms with Gasteiger partial charge in [0.1, 0.15) is 0 Å². The van der Waals surface area contributed by atoms with Crippen molar-refractivity contribution in [1.82, 2.24) is 4.90 Å². The largest absolute Gasteiger partial charge is 0.490 e. The third kappa shape index (κ3) is 3.98. The second-order valence-corrected chi connectivity index (χ2v) is 5.18. The Hall–Kier alpha value is -1.09. The summed E-state index contributed by atoms with van der Waals surface area (Å²) in [6.45, 7) is 6.34. The van der Waals surface area contributed by atoms with Crippen molar-refractivity contribution >= 4 is 0 Å². The minimum Gasteiger partial charge on any atom is -0.490 e. The number of rotatable bonds is 5. The molecule has 2 rings (SSSR count). The van der Waals surface area contributed by atoms with Gasteiger partial charge in [-0.25, -0.2) is 4.39 Å². The van der Waals surface area contributed by atoms with Gasteiger partial charge in [0.05, 0.1) is 6.61 Å². The number of piperidine rings is 1. The Morgan fingerprint density at radius 1 is 1.39 bits per heavy atom. The third-order valence-electron chi connectivity index (χ3n) is 3.45. The zero-order valence-electron chi connectivity index (χ0n) is 11.1. The van der Waals surface area contributed by atoms with E-state index < -0.39 is 0 Å². The third-order valence-corrected chi connectivity index (χ3v) is 3.45. The molecule has 1 heterocycles. The fraction of sp³-hybridized carbons (Fsp3) is 0.600. The molecule has 0 unspecified atom stereocenters. The maximum atomic E-state index is 13.3. The van der Waals surface area contributed by atoms with Gasteiger partial charge in [-0.05, 0) is 43.9 Å². The van der Waals surface area contributed by atoms with Crippen molar-refractivity contribution in [2.75, 3.05) is 26.2 Å². The van der Waals surface area contributed by atoms with Crippen LogP contribution < -0.4 is 4.74 Å². The maximum absolute atomic E-state index is 13.3. The van der Waals surface area contributed by atoms with Crippen molar-refractivity contribution in [3.05, 3.63) is 30.1 Å². The average Bonchev–Trinajstić information content (AvgIpc) is 2.37. The van der Waals surface area contributed by atoms with Gasteiger partial charge in [-0.1, -0.05) is 19.1 Å². The minimum absolute atomic E-state index is 0.274. The SMILES string of the molecule is C[C@@H]1CCCN(CCCOc2ccccc2F)C1. The van der Waals surface area contributed by atoms with Crippen LogP contribution in [0.3, 0.4) is 0 Å². The second kappa shape index (κ2) is 6.74. The lowest BCUT2D eigenvalue weighted by molar-refractivity contribution is 0.169. The lowest BCUT2D eigenvalue weighted by atomic mass is 10.0. The first kappa shape index (κ1) is 13.3. The van der Waals surface area contributed by atoms with Crippen LogP contribution in [0.25, 0.3) is 0 Å². The van der Waals surface area contributed by atoms with Gasteiger partial charge in [0.2, 0.25) is 0 Å². The molecule has 0 spiro atoms. The fourth-order valence-electron chi connectivity index (χ4n) is 2.52. The van der Waals surface area contributed by atoms with Gasteiger partial charge in [0, 0.05) is 13.1 Å². The first-order chi connectivity index (χ1) is 8.75. The van der Waals surface area contributed by atoms with Crippen LogP contribution in [0.5, 0.6) is 5.75 Å². The van der Waals surface area contributed by atoms with Crippen LogP contribution in [0.2, 0.25) is 0 Å². The van der Waals surface area contributed by atoms with E-state index in [9.17, 15) is 4.39 Å². The number of nitrogens with zero attached hydrogens (tertiary/aromatic N) is 1. The quantitative estimate of drug-likeness (QED) is 0.744. The molecule has 100 valence electrons. The molecule has 18 heavy (non-hydrogen) atoms. The summed E-state index contributed by atoms with van der Waals surface area (Å²) in [7, 11) is 0. The Morgan fingerprint density at radius 2 is 2.22 bits per heavy atom. The van der Waals surface area contributed by atoms with Crippen LogP contribution in [-0.2, 0) is 0 Å². The van der Waals surface area contributed by atoms with Gasteiger partial charge in [0.25, 0.3) is 0 Å². The van der Waals surface area contributed by atoms with E-state index in [0.717, 1.165) is 18.9 Å². The van der Waals surface area contributed by atoms with E-state index in [0.29, 0.717) is 12.4 Å². The minimum atomic E-state index is -0.274. The number of likely N-dealkylation sites (tertiary alicyclic amines) is 1. The van der Waals surface area contributed by atoms with E-state index in [2.05, 4.69) is 11.8 Å². The Labute approximate surface area is 109 Å². The molecule has 1 fully saturated rings. The Kier molecular flexibility index (Phi) is 5.00. The molecule has 0 N–H and O–H groups in total. The predicted octanol–water partition coefficient (Wildman–Crippen LogP) is 3.33. The molecule has 1 aromatic carbocycles. The normalized spacial score (nSPS) is 20.9. The van der Waals surface area contributed by atoms with E-state index in [1.54, 1.807) is 18.2 Å². The lowest BCUT2D eigenvalue weighted by Crippen LogP contribution is -2.35. The summed E-state index contributed by atoms with van der Waals surface area (Å²) in [4.78, 5) is 2.48. The zero-order chi connectivity index (χ0) is 12.8. The van der Waals surface area contributed by atoms with Crippen molar-refractivity contribution < 1.29 is 9.13 Å². The summed E-state index contributed by atoms with van der Waals surface area (Å²) in [6.07, 6.45) is 3.61. The number of halogens is 1. The first-order valence-corrected chi connectivity index (χ1v) is 6.85. The summed E-state index contributed by atoms with van der Waals surface area (Å²) in [5.74, 6) is 0.903. The van der Waals surface area contributed by atoms with Crippen LogP contribution in [0, 0.1) is 11.7 Å². The molecule has 0 bridgehead atoms. The average molecular weight is 251 g/mol. The summed E-state index contributed by atoms with van der Waals surface area (Å²) < 4.78 is 18.7. The predicted molar refractivity (Wildman–Crippen MR) is 71.4 cm³/mol. The number of para-hydroxylation sites is 1. The van der Waals surface area contributed by atoms with Gasteiger partial charge < -0.3 is 9.64 Å². The topological polar surface area (TPSA) is 12.5 Å². The number of hydrogen-bond acceptors (Lipinski definition) is 2. The molecule has 1 aliphatic heterocycles. The van der Waals surface area contributed by atoms with E-state index in [-0.39, 0.29) is 5.82 Å². The van der Waals surface area contributed by atoms with Gasteiger partial charge in [0.15, 0.2) is 11.6 Å². The summed E-state index contributed by atoms with van der Waals surface area (Å²) >= 11 is 0. The molecular weight excluding hydrogens is 229 g/mol. The van der Waals surface area contributed by atoms with Crippen molar-refractivity contribution in [2.45, 2.75) is 26.2 Å². The van der Waals surface area contributed by atoms with Gasteiger partial charge in [-0.2, -0.15) is 0 Å². The summed E-state index contributed by atoms with van der Waals surface area (Å²) in [6, 6.07) is 6.59. The summed E-state index contributed by atoms with van der Waals surface area (Å²) in [5.41, 5.74) is 0. The molecule has 3 heteroatoms.